The molecule has 0 spiro atoms. The highest BCUT2D eigenvalue weighted by Gasteiger charge is 2.06. The van der Waals surface area contributed by atoms with Gasteiger partial charge >= 0.3 is 6.03 Å². The van der Waals surface area contributed by atoms with Crippen molar-refractivity contribution in [2.75, 3.05) is 10.6 Å². The second-order valence-corrected chi connectivity index (χ2v) is 5.07. The Labute approximate surface area is 111 Å². The monoisotopic (exact) mass is 311 g/mol. The molecule has 0 saturated carbocycles. The number of halogens is 1. The number of nitrogens with zero attached hydrogens (tertiary/aromatic N) is 1. The predicted octanol–water partition coefficient (Wildman–Crippen LogP) is 3.86. The number of aryl methyl sites for hydroxylation is 1. The van der Waals surface area contributed by atoms with E-state index in [1.54, 1.807) is 0 Å². The molecule has 0 aliphatic heterocycles. The minimum atomic E-state index is -0.300. The minimum absolute atomic E-state index is 0.300. The summed E-state index contributed by atoms with van der Waals surface area (Å²) in [4.78, 5) is 15.8. The zero-order chi connectivity index (χ0) is 12.3. The number of carbonyl (C=O) groups excluding carboxylic acids is 1. The number of hydrogen-bond acceptors (Lipinski definition) is 3. The maximum absolute atomic E-state index is 11.7. The van der Waals surface area contributed by atoms with Gasteiger partial charge < -0.3 is 5.32 Å². The number of para-hydroxylation sites is 1. The van der Waals surface area contributed by atoms with Crippen LogP contribution in [0.15, 0.2) is 34.1 Å². The van der Waals surface area contributed by atoms with Crippen molar-refractivity contribution in [2.45, 2.75) is 6.92 Å². The van der Waals surface area contributed by atoms with Crippen molar-refractivity contribution >= 4 is 44.1 Å². The van der Waals surface area contributed by atoms with Crippen LogP contribution in [0.1, 0.15) is 5.69 Å². The lowest BCUT2D eigenvalue weighted by atomic mass is 10.3. The molecule has 1 heterocycles. The van der Waals surface area contributed by atoms with Gasteiger partial charge in [0, 0.05) is 9.85 Å². The SMILES string of the molecule is Cc1csc(NC(=O)Nc2ccccc2Br)n1. The zero-order valence-corrected chi connectivity index (χ0v) is 11.4. The first-order chi connectivity index (χ1) is 8.15. The zero-order valence-electron chi connectivity index (χ0n) is 9.03. The molecule has 17 heavy (non-hydrogen) atoms. The third kappa shape index (κ3) is 3.28. The Hall–Kier alpha value is -1.40. The molecule has 0 fully saturated rings. The van der Waals surface area contributed by atoms with Crippen molar-refractivity contribution in [3.63, 3.8) is 0 Å². The highest BCUT2D eigenvalue weighted by Crippen LogP contribution is 2.21. The first-order valence-corrected chi connectivity index (χ1v) is 6.57. The Kier molecular flexibility index (Phi) is 3.75. The molecule has 0 radical (unpaired) electrons. The Morgan fingerprint density at radius 1 is 1.35 bits per heavy atom. The molecule has 2 N–H and O–H groups in total. The van der Waals surface area contributed by atoms with E-state index in [4.69, 9.17) is 0 Å². The molecule has 2 amide bonds. The molecule has 1 aromatic heterocycles. The van der Waals surface area contributed by atoms with Crippen molar-refractivity contribution in [1.29, 1.82) is 0 Å². The fourth-order valence-corrected chi connectivity index (χ4v) is 2.29. The average Bonchev–Trinajstić information content (AvgIpc) is 2.67. The summed E-state index contributed by atoms with van der Waals surface area (Å²) in [6.07, 6.45) is 0. The summed E-state index contributed by atoms with van der Waals surface area (Å²) in [6, 6.07) is 7.12. The summed E-state index contributed by atoms with van der Waals surface area (Å²) >= 11 is 4.76. The van der Waals surface area contributed by atoms with Gasteiger partial charge in [0.1, 0.15) is 0 Å². The lowest BCUT2D eigenvalue weighted by Crippen LogP contribution is -2.19. The molecule has 6 heteroatoms. The quantitative estimate of drug-likeness (QED) is 0.885. The summed E-state index contributed by atoms with van der Waals surface area (Å²) in [6.45, 7) is 1.88. The van der Waals surface area contributed by atoms with Crippen LogP contribution in [0.5, 0.6) is 0 Å². The Bertz CT molecular complexity index is 541. The van der Waals surface area contributed by atoms with Crippen molar-refractivity contribution in [3.05, 3.63) is 39.8 Å². The van der Waals surface area contributed by atoms with Crippen LogP contribution >= 0.6 is 27.3 Å². The van der Waals surface area contributed by atoms with Crippen LogP contribution in [0, 0.1) is 6.92 Å². The maximum Gasteiger partial charge on any atom is 0.325 e. The highest BCUT2D eigenvalue weighted by molar-refractivity contribution is 9.10. The smallest absolute Gasteiger partial charge is 0.307 e. The number of thiazole rings is 1. The van der Waals surface area contributed by atoms with Gasteiger partial charge in [0.25, 0.3) is 0 Å². The van der Waals surface area contributed by atoms with E-state index in [1.165, 1.54) is 11.3 Å². The van der Waals surface area contributed by atoms with Crippen molar-refractivity contribution < 1.29 is 4.79 Å². The van der Waals surface area contributed by atoms with E-state index >= 15 is 0 Å². The summed E-state index contributed by atoms with van der Waals surface area (Å²) in [5.41, 5.74) is 1.62. The number of benzene rings is 1. The van der Waals surface area contributed by atoms with E-state index in [0.717, 1.165) is 15.9 Å². The van der Waals surface area contributed by atoms with Gasteiger partial charge in [-0.2, -0.15) is 0 Å². The number of aromatic nitrogens is 1. The van der Waals surface area contributed by atoms with Crippen LogP contribution < -0.4 is 10.6 Å². The van der Waals surface area contributed by atoms with E-state index in [-0.39, 0.29) is 6.03 Å². The number of hydrogen-bond donors (Lipinski definition) is 2. The van der Waals surface area contributed by atoms with Gasteiger partial charge in [-0.05, 0) is 35.0 Å². The number of urea groups is 1. The summed E-state index contributed by atoms with van der Waals surface area (Å²) < 4.78 is 0.838. The molecule has 1 aromatic carbocycles. The van der Waals surface area contributed by atoms with Crippen LogP contribution in [-0.4, -0.2) is 11.0 Å². The maximum atomic E-state index is 11.7. The number of nitrogens with one attached hydrogen (secondary N) is 2. The van der Waals surface area contributed by atoms with Gasteiger partial charge in [0.05, 0.1) is 11.4 Å². The standard InChI is InChI=1S/C11H10BrN3OS/c1-7-6-17-11(13-7)15-10(16)14-9-5-3-2-4-8(9)12/h2-6H,1H3,(H2,13,14,15,16). The Morgan fingerprint density at radius 2 is 2.12 bits per heavy atom. The van der Waals surface area contributed by atoms with Gasteiger partial charge in [0.15, 0.2) is 5.13 Å². The van der Waals surface area contributed by atoms with Gasteiger partial charge in [-0.1, -0.05) is 12.1 Å². The van der Waals surface area contributed by atoms with Crippen LogP contribution in [0.3, 0.4) is 0 Å². The lowest BCUT2D eigenvalue weighted by molar-refractivity contribution is 0.262. The molecule has 0 aliphatic rings. The molecule has 0 atom stereocenters. The molecule has 4 nitrogen and oxygen atoms in total. The van der Waals surface area contributed by atoms with Crippen LogP contribution in [0.4, 0.5) is 15.6 Å². The third-order valence-electron chi connectivity index (χ3n) is 1.96. The van der Waals surface area contributed by atoms with E-state index in [2.05, 4.69) is 31.5 Å². The summed E-state index contributed by atoms with van der Waals surface area (Å²) in [5, 5.41) is 7.89. The van der Waals surface area contributed by atoms with Crippen molar-refractivity contribution in [3.8, 4) is 0 Å². The Balaban J connectivity index is 2.01. The van der Waals surface area contributed by atoms with E-state index in [0.29, 0.717) is 5.13 Å². The number of amides is 2. The van der Waals surface area contributed by atoms with Gasteiger partial charge in [-0.3, -0.25) is 5.32 Å². The lowest BCUT2D eigenvalue weighted by Gasteiger charge is -2.06. The normalized spacial score (nSPS) is 10.0. The first kappa shape index (κ1) is 12.1. The molecule has 2 rings (SSSR count). The van der Waals surface area contributed by atoms with E-state index in [1.807, 2.05) is 36.6 Å². The Morgan fingerprint density at radius 3 is 2.76 bits per heavy atom. The molecular weight excluding hydrogens is 302 g/mol. The van der Waals surface area contributed by atoms with Crippen LogP contribution in [0.2, 0.25) is 0 Å². The van der Waals surface area contributed by atoms with Crippen molar-refractivity contribution in [1.82, 2.24) is 4.98 Å². The second-order valence-electron chi connectivity index (χ2n) is 3.35. The summed E-state index contributed by atoms with van der Waals surface area (Å²) in [7, 11) is 0. The highest BCUT2D eigenvalue weighted by atomic mass is 79.9. The molecular formula is C11H10BrN3OS. The van der Waals surface area contributed by atoms with Gasteiger partial charge in [-0.15, -0.1) is 11.3 Å². The van der Waals surface area contributed by atoms with Gasteiger partial charge in [0.2, 0.25) is 0 Å². The molecule has 88 valence electrons. The molecule has 0 unspecified atom stereocenters. The van der Waals surface area contributed by atoms with Gasteiger partial charge in [-0.25, -0.2) is 9.78 Å². The largest absolute Gasteiger partial charge is 0.325 e. The molecule has 2 aromatic rings. The molecule has 0 bridgehead atoms. The summed E-state index contributed by atoms with van der Waals surface area (Å²) in [5.74, 6) is 0. The van der Waals surface area contributed by atoms with Crippen LogP contribution in [0.25, 0.3) is 0 Å². The predicted molar refractivity (Wildman–Crippen MR) is 73.6 cm³/mol. The van der Waals surface area contributed by atoms with E-state index in [9.17, 15) is 4.79 Å². The fourth-order valence-electron chi connectivity index (χ4n) is 1.22. The average molecular weight is 312 g/mol. The second kappa shape index (κ2) is 5.29. The molecule has 0 saturated heterocycles. The number of rotatable bonds is 2. The molecule has 0 aliphatic carbocycles. The number of carbonyl (C=O) groups is 1. The fraction of sp³-hybridized carbons (Fsp3) is 0.0909. The van der Waals surface area contributed by atoms with Crippen molar-refractivity contribution in [2.24, 2.45) is 0 Å². The van der Waals surface area contributed by atoms with E-state index < -0.39 is 0 Å². The minimum Gasteiger partial charge on any atom is -0.307 e. The topological polar surface area (TPSA) is 54.0 Å². The number of anilines is 2. The first-order valence-electron chi connectivity index (χ1n) is 4.90. The third-order valence-corrected chi connectivity index (χ3v) is 3.53. The van der Waals surface area contributed by atoms with Crippen LogP contribution in [-0.2, 0) is 0 Å².